The summed E-state index contributed by atoms with van der Waals surface area (Å²) in [5.74, 6) is 2.24. The number of aliphatic hydroxyl groups is 1. The van der Waals surface area contributed by atoms with Crippen LogP contribution in [0.15, 0.2) is 4.52 Å². The second-order valence-electron chi connectivity index (χ2n) is 5.12. The highest BCUT2D eigenvalue weighted by Gasteiger charge is 2.28. The number of hydrogen-bond donors (Lipinski definition) is 2. The Morgan fingerprint density at radius 2 is 2.22 bits per heavy atom. The quantitative estimate of drug-likeness (QED) is 0.866. The molecular weight excluding hydrogens is 250 g/mol. The standard InChI is InChI=1S/C12H19N3O2S/c16-8-5-10(13-6-8)12-14-11(15-17-12)7-18-9-3-1-2-4-9/h8-10,13,16H,1-7H2/t8-,10-/m1/s1. The van der Waals surface area contributed by atoms with Gasteiger partial charge < -0.3 is 14.9 Å². The van der Waals surface area contributed by atoms with Gasteiger partial charge in [-0.15, -0.1) is 0 Å². The van der Waals surface area contributed by atoms with Crippen molar-refractivity contribution in [1.29, 1.82) is 0 Å². The molecule has 2 fully saturated rings. The van der Waals surface area contributed by atoms with Crippen LogP contribution in [0.2, 0.25) is 0 Å². The molecule has 0 unspecified atom stereocenters. The fourth-order valence-corrected chi connectivity index (χ4v) is 3.79. The highest BCUT2D eigenvalue weighted by atomic mass is 32.2. The number of aromatic nitrogens is 2. The average Bonchev–Trinajstić information content (AvgIpc) is 3.07. The molecule has 0 amide bonds. The Kier molecular flexibility index (Phi) is 3.86. The van der Waals surface area contributed by atoms with Crippen LogP contribution in [0.25, 0.3) is 0 Å². The molecule has 6 heteroatoms. The number of nitrogens with zero attached hydrogens (tertiary/aromatic N) is 2. The van der Waals surface area contributed by atoms with E-state index in [1.165, 1.54) is 25.7 Å². The first-order valence-electron chi connectivity index (χ1n) is 6.67. The second-order valence-corrected chi connectivity index (χ2v) is 6.41. The van der Waals surface area contributed by atoms with E-state index in [9.17, 15) is 5.11 Å². The Bertz CT molecular complexity index is 392. The van der Waals surface area contributed by atoms with Crippen LogP contribution in [0.3, 0.4) is 0 Å². The van der Waals surface area contributed by atoms with E-state index in [0.717, 1.165) is 16.8 Å². The zero-order valence-corrected chi connectivity index (χ0v) is 11.2. The molecule has 1 aromatic rings. The topological polar surface area (TPSA) is 71.2 Å². The molecule has 1 saturated heterocycles. The first-order chi connectivity index (χ1) is 8.81. The van der Waals surface area contributed by atoms with Gasteiger partial charge in [0.05, 0.1) is 17.9 Å². The minimum atomic E-state index is -0.293. The SMILES string of the molecule is O[C@H]1CN[C@@H](c2nc(CSC3CCCC3)no2)C1. The zero-order valence-electron chi connectivity index (χ0n) is 10.3. The molecular formula is C12H19N3O2S. The van der Waals surface area contributed by atoms with E-state index in [1.807, 2.05) is 11.8 Å². The van der Waals surface area contributed by atoms with Gasteiger partial charge in [0.15, 0.2) is 5.82 Å². The number of nitrogens with one attached hydrogen (secondary N) is 1. The Labute approximate surface area is 111 Å². The molecule has 2 atom stereocenters. The summed E-state index contributed by atoms with van der Waals surface area (Å²) in [6, 6.07) is 0.0257. The summed E-state index contributed by atoms with van der Waals surface area (Å²) in [6.07, 6.45) is 5.74. The van der Waals surface area contributed by atoms with E-state index in [0.29, 0.717) is 18.9 Å². The molecule has 0 bridgehead atoms. The fourth-order valence-electron chi connectivity index (χ4n) is 2.62. The van der Waals surface area contributed by atoms with Gasteiger partial charge in [-0.25, -0.2) is 0 Å². The molecule has 3 rings (SSSR count). The highest BCUT2D eigenvalue weighted by Crippen LogP contribution is 2.31. The van der Waals surface area contributed by atoms with Gasteiger partial charge in [-0.2, -0.15) is 16.7 Å². The summed E-state index contributed by atoms with van der Waals surface area (Å²) in [5.41, 5.74) is 0. The zero-order chi connectivity index (χ0) is 12.4. The van der Waals surface area contributed by atoms with Crippen molar-refractivity contribution in [1.82, 2.24) is 15.5 Å². The smallest absolute Gasteiger partial charge is 0.243 e. The number of thioether (sulfide) groups is 1. The van der Waals surface area contributed by atoms with Crippen LogP contribution >= 0.6 is 11.8 Å². The van der Waals surface area contributed by atoms with E-state index in [1.54, 1.807) is 0 Å². The summed E-state index contributed by atoms with van der Waals surface area (Å²) < 4.78 is 5.26. The lowest BCUT2D eigenvalue weighted by Crippen LogP contribution is -2.15. The van der Waals surface area contributed by atoms with Crippen LogP contribution < -0.4 is 5.32 Å². The Balaban J connectivity index is 1.52. The average molecular weight is 269 g/mol. The molecule has 100 valence electrons. The monoisotopic (exact) mass is 269 g/mol. The number of rotatable bonds is 4. The van der Waals surface area contributed by atoms with Gasteiger partial charge in [-0.3, -0.25) is 0 Å². The van der Waals surface area contributed by atoms with Crippen LogP contribution in [0.5, 0.6) is 0 Å². The molecule has 0 spiro atoms. The van der Waals surface area contributed by atoms with Crippen molar-refractivity contribution in [2.75, 3.05) is 6.54 Å². The van der Waals surface area contributed by atoms with Gasteiger partial charge in [0.25, 0.3) is 0 Å². The third-order valence-corrected chi connectivity index (χ3v) is 5.01. The van der Waals surface area contributed by atoms with Crippen molar-refractivity contribution < 1.29 is 9.63 Å². The maximum atomic E-state index is 9.46. The normalized spacial score (nSPS) is 29.2. The van der Waals surface area contributed by atoms with Gasteiger partial charge >= 0.3 is 0 Å². The van der Waals surface area contributed by atoms with E-state index < -0.39 is 0 Å². The molecule has 0 radical (unpaired) electrons. The molecule has 0 aromatic carbocycles. The summed E-state index contributed by atoms with van der Waals surface area (Å²) >= 11 is 1.94. The number of aliphatic hydroxyl groups excluding tert-OH is 1. The highest BCUT2D eigenvalue weighted by molar-refractivity contribution is 7.99. The lowest BCUT2D eigenvalue weighted by Gasteiger charge is -2.05. The van der Waals surface area contributed by atoms with Crippen LogP contribution in [0, 0.1) is 0 Å². The van der Waals surface area contributed by atoms with Gasteiger partial charge in [0.1, 0.15) is 0 Å². The van der Waals surface area contributed by atoms with Crippen molar-refractivity contribution in [3.8, 4) is 0 Å². The van der Waals surface area contributed by atoms with Gasteiger partial charge in [-0.05, 0) is 19.3 Å². The van der Waals surface area contributed by atoms with Crippen LogP contribution in [0.1, 0.15) is 49.9 Å². The van der Waals surface area contributed by atoms with Gasteiger partial charge in [0.2, 0.25) is 5.89 Å². The molecule has 18 heavy (non-hydrogen) atoms. The lowest BCUT2D eigenvalue weighted by atomic mass is 10.2. The molecule has 1 aromatic heterocycles. The van der Waals surface area contributed by atoms with Crippen molar-refractivity contribution in [2.45, 2.75) is 55.3 Å². The molecule has 2 N–H and O–H groups in total. The minimum absolute atomic E-state index is 0.0257. The van der Waals surface area contributed by atoms with Gasteiger partial charge in [-0.1, -0.05) is 18.0 Å². The minimum Gasteiger partial charge on any atom is -0.392 e. The summed E-state index contributed by atoms with van der Waals surface area (Å²) in [4.78, 5) is 4.42. The molecule has 1 saturated carbocycles. The van der Waals surface area contributed by atoms with Crippen molar-refractivity contribution in [3.05, 3.63) is 11.7 Å². The number of β-amino-alcohol motifs (C(OH)–C–C–N with tert-alkyl or cyclic N) is 1. The van der Waals surface area contributed by atoms with Crippen molar-refractivity contribution in [3.63, 3.8) is 0 Å². The van der Waals surface area contributed by atoms with E-state index in [2.05, 4.69) is 15.5 Å². The Hall–Kier alpha value is -0.590. The fraction of sp³-hybridized carbons (Fsp3) is 0.833. The first kappa shape index (κ1) is 12.4. The van der Waals surface area contributed by atoms with Crippen molar-refractivity contribution in [2.24, 2.45) is 0 Å². The Morgan fingerprint density at radius 1 is 1.39 bits per heavy atom. The molecule has 1 aliphatic heterocycles. The lowest BCUT2D eigenvalue weighted by molar-refractivity contribution is 0.191. The third kappa shape index (κ3) is 2.87. The first-order valence-corrected chi connectivity index (χ1v) is 7.71. The van der Waals surface area contributed by atoms with E-state index in [-0.39, 0.29) is 12.1 Å². The predicted molar refractivity (Wildman–Crippen MR) is 69.2 cm³/mol. The van der Waals surface area contributed by atoms with E-state index in [4.69, 9.17) is 4.52 Å². The maximum absolute atomic E-state index is 9.46. The van der Waals surface area contributed by atoms with Gasteiger partial charge in [0, 0.05) is 11.8 Å². The molecule has 2 aliphatic rings. The number of hydrogen-bond acceptors (Lipinski definition) is 6. The van der Waals surface area contributed by atoms with Crippen molar-refractivity contribution >= 4 is 11.8 Å². The van der Waals surface area contributed by atoms with Crippen LogP contribution in [-0.4, -0.2) is 33.1 Å². The largest absolute Gasteiger partial charge is 0.392 e. The third-order valence-electron chi connectivity index (χ3n) is 3.64. The summed E-state index contributed by atoms with van der Waals surface area (Å²) in [7, 11) is 0. The Morgan fingerprint density at radius 3 is 2.94 bits per heavy atom. The summed E-state index contributed by atoms with van der Waals surface area (Å²) in [6.45, 7) is 0.610. The molecule has 2 heterocycles. The van der Waals surface area contributed by atoms with E-state index >= 15 is 0 Å². The molecule has 1 aliphatic carbocycles. The van der Waals surface area contributed by atoms with Crippen LogP contribution in [-0.2, 0) is 5.75 Å². The second kappa shape index (κ2) is 5.59. The van der Waals surface area contributed by atoms with Crippen LogP contribution in [0.4, 0.5) is 0 Å². The predicted octanol–water partition coefficient (Wildman–Crippen LogP) is 1.64. The molecule has 5 nitrogen and oxygen atoms in total. The summed E-state index contributed by atoms with van der Waals surface area (Å²) in [5, 5.41) is 17.4. The maximum Gasteiger partial charge on any atom is 0.243 e.